The summed E-state index contributed by atoms with van der Waals surface area (Å²) < 4.78 is 0. The maximum Gasteiger partial charge on any atom is 0.227 e. The Morgan fingerprint density at radius 1 is 1.12 bits per heavy atom. The van der Waals surface area contributed by atoms with Gasteiger partial charge < -0.3 is 11.1 Å². The molecule has 0 radical (unpaired) electrons. The number of benzene rings is 1. The van der Waals surface area contributed by atoms with Crippen LogP contribution in [0, 0.1) is 5.92 Å². The second-order valence-electron chi connectivity index (χ2n) is 7.98. The Morgan fingerprint density at radius 3 is 2.64 bits per heavy atom. The van der Waals surface area contributed by atoms with E-state index in [0.29, 0.717) is 6.04 Å². The maximum absolute atomic E-state index is 12.7. The molecule has 4 nitrogen and oxygen atoms in total. The summed E-state index contributed by atoms with van der Waals surface area (Å²) in [6.45, 7) is 0.894. The number of hydrogen-bond acceptors (Lipinski definition) is 3. The summed E-state index contributed by atoms with van der Waals surface area (Å²) in [6.07, 6.45) is 10.5. The molecule has 2 atom stereocenters. The number of rotatable bonds is 5. The van der Waals surface area contributed by atoms with E-state index in [9.17, 15) is 4.79 Å². The Morgan fingerprint density at radius 2 is 1.88 bits per heavy atom. The zero-order valence-electron chi connectivity index (χ0n) is 15.5. The molecule has 0 saturated heterocycles. The second kappa shape index (κ2) is 8.81. The number of amides is 1. The Balaban J connectivity index is 1.62. The summed E-state index contributed by atoms with van der Waals surface area (Å²) in [5, 5.41) is 3.19. The number of hydrogen-bond donors (Lipinski definition) is 2. The highest BCUT2D eigenvalue weighted by Crippen LogP contribution is 2.27. The molecule has 1 aromatic rings. The number of anilines is 1. The third-order valence-electron chi connectivity index (χ3n) is 5.98. The number of para-hydroxylation sites is 1. The van der Waals surface area contributed by atoms with Gasteiger partial charge in [-0.3, -0.25) is 9.69 Å². The third-order valence-corrected chi connectivity index (χ3v) is 5.98. The van der Waals surface area contributed by atoms with Crippen LogP contribution in [0.2, 0.25) is 0 Å². The lowest BCUT2D eigenvalue weighted by atomic mass is 9.85. The van der Waals surface area contributed by atoms with Gasteiger partial charge in [0.25, 0.3) is 0 Å². The first kappa shape index (κ1) is 18.4. The number of nitrogens with zero attached hydrogens (tertiary/aromatic N) is 1. The quantitative estimate of drug-likeness (QED) is 0.852. The largest absolute Gasteiger partial charge is 0.328 e. The Bertz CT molecular complexity index is 568. The number of nitrogens with one attached hydrogen (secondary N) is 1. The molecule has 0 aromatic heterocycles. The van der Waals surface area contributed by atoms with Crippen LogP contribution in [0.25, 0.3) is 0 Å². The lowest BCUT2D eigenvalue weighted by molar-refractivity contribution is -0.120. The van der Waals surface area contributed by atoms with Crippen LogP contribution in [0.15, 0.2) is 24.3 Å². The first-order valence-corrected chi connectivity index (χ1v) is 9.98. The molecule has 1 amide bonds. The molecule has 0 bridgehead atoms. The van der Waals surface area contributed by atoms with Crippen molar-refractivity contribution in [3.05, 3.63) is 29.8 Å². The smallest absolute Gasteiger partial charge is 0.227 e. The van der Waals surface area contributed by atoms with E-state index in [1.807, 2.05) is 12.1 Å². The fourth-order valence-electron chi connectivity index (χ4n) is 4.40. The van der Waals surface area contributed by atoms with E-state index in [1.54, 1.807) is 0 Å². The van der Waals surface area contributed by atoms with Crippen molar-refractivity contribution in [2.75, 3.05) is 12.4 Å². The Kier molecular flexibility index (Phi) is 6.49. The highest BCUT2D eigenvalue weighted by atomic mass is 16.1. The van der Waals surface area contributed by atoms with Crippen LogP contribution in [-0.4, -0.2) is 29.9 Å². The second-order valence-corrected chi connectivity index (χ2v) is 7.98. The Hall–Kier alpha value is -1.39. The van der Waals surface area contributed by atoms with Crippen molar-refractivity contribution in [1.82, 2.24) is 4.90 Å². The first-order valence-electron chi connectivity index (χ1n) is 9.98. The van der Waals surface area contributed by atoms with E-state index in [-0.39, 0.29) is 17.9 Å². The molecule has 0 spiro atoms. The minimum Gasteiger partial charge on any atom is -0.328 e. The van der Waals surface area contributed by atoms with Gasteiger partial charge in [0.2, 0.25) is 5.91 Å². The summed E-state index contributed by atoms with van der Waals surface area (Å²) in [4.78, 5) is 15.1. The molecule has 3 rings (SSSR count). The number of carbonyl (C=O) groups excluding carboxylic acids is 1. The zero-order valence-corrected chi connectivity index (χ0v) is 15.5. The lowest BCUT2D eigenvalue weighted by Gasteiger charge is -2.32. The summed E-state index contributed by atoms with van der Waals surface area (Å²) in [5.74, 6) is 0.204. The molecular formula is C21H33N3O. The molecule has 1 aromatic carbocycles. The fraction of sp³-hybridized carbons (Fsp3) is 0.667. The lowest BCUT2D eigenvalue weighted by Crippen LogP contribution is -2.35. The summed E-state index contributed by atoms with van der Waals surface area (Å²) >= 11 is 0. The van der Waals surface area contributed by atoms with Crippen molar-refractivity contribution >= 4 is 11.6 Å². The fourth-order valence-corrected chi connectivity index (χ4v) is 4.40. The SMILES string of the molecule is CN(Cc1ccccc1NC(=O)C1CCCC(N)C1)C1CCCCC1. The average Bonchev–Trinajstić information content (AvgIpc) is 2.64. The van der Waals surface area contributed by atoms with Gasteiger partial charge in [-0.05, 0) is 50.8 Å². The van der Waals surface area contributed by atoms with Crippen LogP contribution < -0.4 is 11.1 Å². The molecule has 4 heteroatoms. The van der Waals surface area contributed by atoms with Gasteiger partial charge in [-0.1, -0.05) is 43.9 Å². The van der Waals surface area contributed by atoms with Gasteiger partial charge in [-0.25, -0.2) is 0 Å². The molecule has 2 aliphatic rings. The summed E-state index contributed by atoms with van der Waals surface area (Å²) in [5.41, 5.74) is 8.23. The average molecular weight is 344 g/mol. The molecule has 0 aliphatic heterocycles. The molecule has 2 saturated carbocycles. The van der Waals surface area contributed by atoms with Gasteiger partial charge in [-0.2, -0.15) is 0 Å². The molecule has 2 unspecified atom stereocenters. The van der Waals surface area contributed by atoms with Gasteiger partial charge >= 0.3 is 0 Å². The van der Waals surface area contributed by atoms with Crippen molar-refractivity contribution in [2.45, 2.75) is 76.4 Å². The van der Waals surface area contributed by atoms with Crippen LogP contribution in [0.5, 0.6) is 0 Å². The van der Waals surface area contributed by atoms with Crippen molar-refractivity contribution in [1.29, 1.82) is 0 Å². The highest BCUT2D eigenvalue weighted by molar-refractivity contribution is 5.93. The van der Waals surface area contributed by atoms with E-state index in [2.05, 4.69) is 29.4 Å². The van der Waals surface area contributed by atoms with E-state index in [0.717, 1.165) is 37.9 Å². The van der Waals surface area contributed by atoms with Crippen LogP contribution in [-0.2, 0) is 11.3 Å². The van der Waals surface area contributed by atoms with Crippen LogP contribution in [0.1, 0.15) is 63.4 Å². The van der Waals surface area contributed by atoms with E-state index in [1.165, 1.54) is 37.7 Å². The number of nitrogens with two attached hydrogens (primary N) is 1. The molecular weight excluding hydrogens is 310 g/mol. The van der Waals surface area contributed by atoms with Gasteiger partial charge in [0.05, 0.1) is 0 Å². The van der Waals surface area contributed by atoms with Gasteiger partial charge in [0, 0.05) is 30.2 Å². The van der Waals surface area contributed by atoms with Gasteiger partial charge in [-0.15, -0.1) is 0 Å². The van der Waals surface area contributed by atoms with E-state index in [4.69, 9.17) is 5.73 Å². The van der Waals surface area contributed by atoms with Crippen LogP contribution in [0.3, 0.4) is 0 Å². The number of carbonyl (C=O) groups is 1. The normalized spacial score (nSPS) is 25.1. The van der Waals surface area contributed by atoms with E-state index < -0.39 is 0 Å². The Labute approximate surface area is 152 Å². The first-order chi connectivity index (χ1) is 12.1. The molecule has 2 aliphatic carbocycles. The predicted octanol–water partition coefficient (Wildman–Crippen LogP) is 3.91. The van der Waals surface area contributed by atoms with E-state index >= 15 is 0 Å². The maximum atomic E-state index is 12.7. The predicted molar refractivity (Wildman–Crippen MR) is 103 cm³/mol. The topological polar surface area (TPSA) is 58.4 Å². The van der Waals surface area contributed by atoms with Gasteiger partial charge in [0.15, 0.2) is 0 Å². The minimum atomic E-state index is 0.0629. The minimum absolute atomic E-state index is 0.0629. The molecule has 0 heterocycles. The molecule has 2 fully saturated rings. The van der Waals surface area contributed by atoms with Crippen molar-refractivity contribution < 1.29 is 4.79 Å². The van der Waals surface area contributed by atoms with Crippen molar-refractivity contribution in [2.24, 2.45) is 11.7 Å². The highest BCUT2D eigenvalue weighted by Gasteiger charge is 2.26. The molecule has 25 heavy (non-hydrogen) atoms. The van der Waals surface area contributed by atoms with Crippen LogP contribution >= 0.6 is 0 Å². The van der Waals surface area contributed by atoms with Crippen molar-refractivity contribution in [3.8, 4) is 0 Å². The molecule has 138 valence electrons. The standard InChI is InChI=1S/C21H33N3O/c1-24(19-11-3-2-4-12-19)15-17-8-5-6-13-20(17)23-21(25)16-9-7-10-18(22)14-16/h5-6,8,13,16,18-19H,2-4,7,9-12,14-15,22H2,1H3,(H,23,25). The third kappa shape index (κ3) is 5.05. The monoisotopic (exact) mass is 343 g/mol. The zero-order chi connectivity index (χ0) is 17.6. The summed E-state index contributed by atoms with van der Waals surface area (Å²) in [6, 6.07) is 9.10. The summed E-state index contributed by atoms with van der Waals surface area (Å²) in [7, 11) is 2.22. The molecule has 3 N–H and O–H groups in total. The van der Waals surface area contributed by atoms with Crippen molar-refractivity contribution in [3.63, 3.8) is 0 Å². The van der Waals surface area contributed by atoms with Gasteiger partial charge in [0.1, 0.15) is 0 Å². The van der Waals surface area contributed by atoms with Crippen LogP contribution in [0.4, 0.5) is 5.69 Å².